The summed E-state index contributed by atoms with van der Waals surface area (Å²) >= 11 is 0. The van der Waals surface area contributed by atoms with Crippen LogP contribution in [0.15, 0.2) is 6.20 Å². The molecule has 1 rings (SSSR count). The van der Waals surface area contributed by atoms with Crippen LogP contribution in [0.4, 0.5) is 0 Å². The lowest BCUT2D eigenvalue weighted by Gasteiger charge is -2.06. The van der Waals surface area contributed by atoms with Crippen LogP contribution in [0.2, 0.25) is 0 Å². The zero-order valence-corrected chi connectivity index (χ0v) is 7.04. The first kappa shape index (κ1) is 8.96. The second-order valence-electron chi connectivity index (χ2n) is 2.60. The third-order valence-electron chi connectivity index (χ3n) is 1.85. The van der Waals surface area contributed by atoms with E-state index in [1.165, 1.54) is 0 Å². The quantitative estimate of drug-likeness (QED) is 0.549. The lowest BCUT2D eigenvalue weighted by Crippen LogP contribution is -2.47. The van der Waals surface area contributed by atoms with Crippen molar-refractivity contribution in [2.45, 2.75) is 20.1 Å². The van der Waals surface area contributed by atoms with Crippen LogP contribution in [-0.4, -0.2) is 15.2 Å². The molecule has 0 spiro atoms. The van der Waals surface area contributed by atoms with Crippen molar-refractivity contribution in [2.24, 2.45) is 0 Å². The van der Waals surface area contributed by atoms with E-state index >= 15 is 0 Å². The maximum atomic E-state index is 9.50. The Morgan fingerprint density at radius 2 is 2.25 bits per heavy atom. The molecule has 0 saturated carbocycles. The van der Waals surface area contributed by atoms with Crippen LogP contribution in [0.5, 0.6) is 5.75 Å². The maximum absolute atomic E-state index is 9.50. The number of aliphatic hydroxyl groups is 1. The number of hydrogen-bond donors (Lipinski definition) is 3. The van der Waals surface area contributed by atoms with Gasteiger partial charge < -0.3 is 15.9 Å². The van der Waals surface area contributed by atoms with E-state index in [0.717, 1.165) is 0 Å². The minimum atomic E-state index is -0.105. The lowest BCUT2D eigenvalue weighted by molar-refractivity contribution is -0.386. The molecule has 0 fully saturated rings. The number of quaternary nitrogens is 1. The van der Waals surface area contributed by atoms with Gasteiger partial charge in [-0.25, -0.2) is 0 Å². The van der Waals surface area contributed by atoms with Gasteiger partial charge in [-0.2, -0.15) is 0 Å². The van der Waals surface area contributed by atoms with Gasteiger partial charge in [0.15, 0.2) is 0 Å². The van der Waals surface area contributed by atoms with Crippen molar-refractivity contribution in [1.82, 2.24) is 4.98 Å². The topological polar surface area (TPSA) is 81.0 Å². The Kier molecular flexibility index (Phi) is 2.62. The molecular formula is C8H13N2O2+. The minimum Gasteiger partial charge on any atom is -0.506 e. The first-order chi connectivity index (χ1) is 5.70. The standard InChI is InChI=1S/C8H12N2O2/c1-5-8(12)7(2-9)6(4-11)3-10-5/h3,11-12H,2,4,9H2,1H3/p+1. The highest BCUT2D eigenvalue weighted by molar-refractivity contribution is 5.39. The van der Waals surface area contributed by atoms with Gasteiger partial charge in [0.25, 0.3) is 0 Å². The molecule has 1 aromatic heterocycles. The number of aromatic nitrogens is 1. The molecule has 0 aliphatic carbocycles. The average molecular weight is 169 g/mol. The van der Waals surface area contributed by atoms with Crippen molar-refractivity contribution in [1.29, 1.82) is 0 Å². The highest BCUT2D eigenvalue weighted by atomic mass is 16.3. The summed E-state index contributed by atoms with van der Waals surface area (Å²) in [6, 6.07) is 0. The Morgan fingerprint density at radius 1 is 1.58 bits per heavy atom. The summed E-state index contributed by atoms with van der Waals surface area (Å²) < 4.78 is 0. The van der Waals surface area contributed by atoms with Crippen molar-refractivity contribution in [3.8, 4) is 5.75 Å². The van der Waals surface area contributed by atoms with Crippen LogP contribution in [0.1, 0.15) is 16.8 Å². The van der Waals surface area contributed by atoms with Gasteiger partial charge in [0.2, 0.25) is 0 Å². The van der Waals surface area contributed by atoms with E-state index in [2.05, 4.69) is 10.7 Å². The maximum Gasteiger partial charge on any atom is 0.145 e. The zero-order chi connectivity index (χ0) is 9.14. The van der Waals surface area contributed by atoms with Crippen LogP contribution in [0, 0.1) is 6.92 Å². The summed E-state index contributed by atoms with van der Waals surface area (Å²) in [5.74, 6) is 0.150. The van der Waals surface area contributed by atoms with Gasteiger partial charge in [0.05, 0.1) is 17.9 Å². The number of aliphatic hydroxyl groups excluding tert-OH is 1. The molecule has 0 aliphatic heterocycles. The molecule has 1 aromatic rings. The fraction of sp³-hybridized carbons (Fsp3) is 0.375. The van der Waals surface area contributed by atoms with Gasteiger partial charge in [-0.15, -0.1) is 0 Å². The third-order valence-corrected chi connectivity index (χ3v) is 1.85. The Balaban J connectivity index is 3.25. The second kappa shape index (κ2) is 3.51. The monoisotopic (exact) mass is 169 g/mol. The molecule has 1 heterocycles. The number of nitrogens with zero attached hydrogens (tertiary/aromatic N) is 1. The molecule has 0 atom stereocenters. The summed E-state index contributed by atoms with van der Waals surface area (Å²) in [5, 5.41) is 18.4. The van der Waals surface area contributed by atoms with Gasteiger partial charge in [0.1, 0.15) is 12.3 Å². The van der Waals surface area contributed by atoms with Crippen LogP contribution in [0.3, 0.4) is 0 Å². The molecular weight excluding hydrogens is 156 g/mol. The molecule has 0 aromatic carbocycles. The molecule has 4 heteroatoms. The highest BCUT2D eigenvalue weighted by Gasteiger charge is 2.10. The SMILES string of the molecule is Cc1ncc(CO)c(C[NH3+])c1O. The third kappa shape index (κ3) is 1.39. The van der Waals surface area contributed by atoms with E-state index in [9.17, 15) is 5.11 Å². The predicted octanol–water partition coefficient (Wildman–Crippen LogP) is -0.670. The number of aryl methyl sites for hydroxylation is 1. The molecule has 0 radical (unpaired) electrons. The van der Waals surface area contributed by atoms with Crippen molar-refractivity contribution in [3.63, 3.8) is 0 Å². The summed E-state index contributed by atoms with van der Waals surface area (Å²) in [7, 11) is 0. The van der Waals surface area contributed by atoms with Gasteiger partial charge >= 0.3 is 0 Å². The second-order valence-corrected chi connectivity index (χ2v) is 2.60. The van der Waals surface area contributed by atoms with Gasteiger partial charge in [0, 0.05) is 11.8 Å². The van der Waals surface area contributed by atoms with Crippen molar-refractivity contribution < 1.29 is 15.9 Å². The smallest absolute Gasteiger partial charge is 0.145 e. The highest BCUT2D eigenvalue weighted by Crippen LogP contribution is 2.22. The zero-order valence-electron chi connectivity index (χ0n) is 7.04. The molecule has 4 nitrogen and oxygen atoms in total. The predicted molar refractivity (Wildman–Crippen MR) is 43.2 cm³/mol. The van der Waals surface area contributed by atoms with Crippen LogP contribution >= 0.6 is 0 Å². The average Bonchev–Trinajstić information content (AvgIpc) is 2.09. The largest absolute Gasteiger partial charge is 0.506 e. The van der Waals surface area contributed by atoms with E-state index in [1.54, 1.807) is 13.1 Å². The fourth-order valence-electron chi connectivity index (χ4n) is 1.10. The molecule has 0 unspecified atom stereocenters. The van der Waals surface area contributed by atoms with Crippen molar-refractivity contribution in [3.05, 3.63) is 23.0 Å². The van der Waals surface area contributed by atoms with Crippen LogP contribution in [-0.2, 0) is 13.2 Å². The summed E-state index contributed by atoms with van der Waals surface area (Å²) in [5.41, 5.74) is 5.57. The van der Waals surface area contributed by atoms with E-state index in [0.29, 0.717) is 23.4 Å². The van der Waals surface area contributed by atoms with Gasteiger partial charge in [-0.3, -0.25) is 4.98 Å². The normalized spacial score (nSPS) is 10.2. The van der Waals surface area contributed by atoms with Crippen LogP contribution in [0.25, 0.3) is 0 Å². The van der Waals surface area contributed by atoms with E-state index in [1.807, 2.05) is 0 Å². The Morgan fingerprint density at radius 3 is 2.75 bits per heavy atom. The van der Waals surface area contributed by atoms with E-state index in [4.69, 9.17) is 5.11 Å². The summed E-state index contributed by atoms with van der Waals surface area (Å²) in [6.07, 6.45) is 1.57. The Labute approximate surface area is 70.7 Å². The number of rotatable bonds is 2. The fourth-order valence-corrected chi connectivity index (χ4v) is 1.10. The molecule has 5 N–H and O–H groups in total. The van der Waals surface area contributed by atoms with E-state index < -0.39 is 0 Å². The van der Waals surface area contributed by atoms with Gasteiger partial charge in [-0.1, -0.05) is 0 Å². The first-order valence-corrected chi connectivity index (χ1v) is 3.77. The first-order valence-electron chi connectivity index (χ1n) is 3.77. The van der Waals surface area contributed by atoms with Gasteiger partial charge in [-0.05, 0) is 6.92 Å². The lowest BCUT2D eigenvalue weighted by atomic mass is 10.1. The van der Waals surface area contributed by atoms with Crippen LogP contribution < -0.4 is 5.73 Å². The molecule has 0 saturated heterocycles. The summed E-state index contributed by atoms with van der Waals surface area (Å²) in [4.78, 5) is 3.92. The molecule has 12 heavy (non-hydrogen) atoms. The van der Waals surface area contributed by atoms with Crippen molar-refractivity contribution in [2.75, 3.05) is 0 Å². The minimum absolute atomic E-state index is 0.105. The molecule has 0 bridgehead atoms. The Hall–Kier alpha value is -1.13. The number of hydrogen-bond acceptors (Lipinski definition) is 3. The van der Waals surface area contributed by atoms with Crippen molar-refractivity contribution >= 4 is 0 Å². The summed E-state index contributed by atoms with van der Waals surface area (Å²) in [6.45, 7) is 2.08. The number of aromatic hydroxyl groups is 1. The Bertz CT molecular complexity index is 287. The number of pyridine rings is 1. The molecule has 0 amide bonds. The molecule has 0 aliphatic rings. The van der Waals surface area contributed by atoms with E-state index in [-0.39, 0.29) is 12.4 Å². The molecule has 66 valence electrons.